The van der Waals surface area contributed by atoms with Crippen LogP contribution in [0.3, 0.4) is 0 Å². The average Bonchev–Trinajstić information content (AvgIpc) is 2.85. The van der Waals surface area contributed by atoms with Crippen LogP contribution in [0.25, 0.3) is 0 Å². The van der Waals surface area contributed by atoms with Gasteiger partial charge in [0.15, 0.2) is 0 Å². The van der Waals surface area contributed by atoms with E-state index in [0.717, 1.165) is 24.0 Å². The molecule has 6 atom stereocenters. The van der Waals surface area contributed by atoms with Crippen molar-refractivity contribution >= 4 is 23.8 Å². The van der Waals surface area contributed by atoms with Gasteiger partial charge in [0, 0.05) is 23.9 Å². The summed E-state index contributed by atoms with van der Waals surface area (Å²) < 4.78 is 11.6. The van der Waals surface area contributed by atoms with E-state index < -0.39 is 21.7 Å². The molecule has 4 fully saturated rings. The first-order chi connectivity index (χ1) is 18.5. The summed E-state index contributed by atoms with van der Waals surface area (Å²) in [5.74, 6) is -0.526. The molecule has 1 aromatic rings. The van der Waals surface area contributed by atoms with E-state index in [1.807, 2.05) is 52.0 Å². The van der Waals surface area contributed by atoms with Crippen molar-refractivity contribution in [1.29, 1.82) is 0 Å². The zero-order chi connectivity index (χ0) is 29.2. The van der Waals surface area contributed by atoms with Gasteiger partial charge in [0.2, 0.25) is 11.8 Å². The van der Waals surface area contributed by atoms with Crippen LogP contribution in [0, 0.1) is 32.5 Å². The summed E-state index contributed by atoms with van der Waals surface area (Å²) in [4.78, 5) is 51.9. The molecule has 4 bridgehead atoms. The van der Waals surface area contributed by atoms with Gasteiger partial charge in [0.1, 0.15) is 13.2 Å². The molecule has 0 radical (unpaired) electrons. The summed E-state index contributed by atoms with van der Waals surface area (Å²) in [5.41, 5.74) is -1.26. The lowest BCUT2D eigenvalue weighted by Gasteiger charge is -2.54. The molecule has 0 unspecified atom stereocenters. The monoisotopic (exact) mass is 552 g/mol. The number of hydrogen-bond donors (Lipinski definition) is 2. The van der Waals surface area contributed by atoms with E-state index in [9.17, 15) is 19.2 Å². The van der Waals surface area contributed by atoms with Crippen molar-refractivity contribution < 1.29 is 28.7 Å². The lowest BCUT2D eigenvalue weighted by atomic mass is 9.52. The van der Waals surface area contributed by atoms with Crippen molar-refractivity contribution in [2.75, 3.05) is 13.1 Å². The average molecular weight is 553 g/mol. The lowest BCUT2D eigenvalue weighted by molar-refractivity contribution is -0.171. The Morgan fingerprint density at radius 3 is 1.48 bits per heavy atom. The van der Waals surface area contributed by atoms with Gasteiger partial charge in [-0.05, 0) is 80.4 Å². The lowest BCUT2D eigenvalue weighted by Crippen LogP contribution is -2.60. The fraction of sp³-hybridized carbons (Fsp3) is 0.688. The largest absolute Gasteiger partial charge is 0.460 e. The van der Waals surface area contributed by atoms with Crippen LogP contribution in [-0.4, -0.2) is 36.8 Å². The van der Waals surface area contributed by atoms with Gasteiger partial charge >= 0.3 is 11.9 Å². The number of ether oxygens (including phenoxy) is 2. The molecule has 218 valence electrons. The summed E-state index contributed by atoms with van der Waals surface area (Å²) in [7, 11) is 0. The number of amides is 2. The summed E-state index contributed by atoms with van der Waals surface area (Å²) in [6, 6.07) is 7.53. The van der Waals surface area contributed by atoms with E-state index >= 15 is 0 Å². The van der Waals surface area contributed by atoms with Gasteiger partial charge in [-0.2, -0.15) is 0 Å². The summed E-state index contributed by atoms with van der Waals surface area (Å²) in [6.45, 7) is 13.4. The number of benzene rings is 1. The molecule has 2 aliphatic heterocycles. The number of fused-ring (bicyclic) bond motifs is 4. The van der Waals surface area contributed by atoms with Crippen LogP contribution < -0.4 is 10.6 Å². The highest BCUT2D eigenvalue weighted by atomic mass is 16.5. The molecule has 40 heavy (non-hydrogen) atoms. The molecule has 2 saturated heterocycles. The maximum Gasteiger partial charge on any atom is 0.312 e. The first-order valence-electron chi connectivity index (χ1n) is 14.5. The van der Waals surface area contributed by atoms with E-state index in [-0.39, 0.29) is 47.8 Å². The van der Waals surface area contributed by atoms with Crippen molar-refractivity contribution in [3.8, 4) is 0 Å². The molecule has 8 nitrogen and oxygen atoms in total. The van der Waals surface area contributed by atoms with Gasteiger partial charge in [-0.1, -0.05) is 45.9 Å². The minimum Gasteiger partial charge on any atom is -0.460 e. The number of hydrogen-bond acceptors (Lipinski definition) is 6. The van der Waals surface area contributed by atoms with Gasteiger partial charge in [-0.3, -0.25) is 19.2 Å². The molecule has 4 aliphatic rings. The van der Waals surface area contributed by atoms with Crippen LogP contribution in [0.1, 0.15) is 91.2 Å². The van der Waals surface area contributed by atoms with Gasteiger partial charge in [-0.15, -0.1) is 0 Å². The van der Waals surface area contributed by atoms with Crippen LogP contribution in [0.2, 0.25) is 0 Å². The fourth-order valence-corrected chi connectivity index (χ4v) is 9.19. The molecule has 8 heteroatoms. The first-order valence-corrected chi connectivity index (χ1v) is 14.5. The SMILES string of the molecule is C[C@@]12CNC(=O)[C@@](C)(C1)C[C@](C)(C(=O)OCc1cccc(COC(=O)[C@]3(C)C[C@]4(C)CNC(=O)[C@@](C)(C4)C3)c1)C2. The number of carbonyl (C=O) groups excluding carboxylic acids is 4. The Kier molecular flexibility index (Phi) is 6.67. The molecule has 2 amide bonds. The molecule has 2 heterocycles. The Morgan fingerprint density at radius 2 is 1.07 bits per heavy atom. The van der Waals surface area contributed by atoms with E-state index in [2.05, 4.69) is 24.5 Å². The van der Waals surface area contributed by atoms with Gasteiger partial charge in [0.05, 0.1) is 10.8 Å². The second-order valence-corrected chi connectivity index (χ2v) is 15.3. The Hall–Kier alpha value is -2.90. The fourth-order valence-electron chi connectivity index (χ4n) is 9.19. The van der Waals surface area contributed by atoms with Crippen LogP contribution in [-0.2, 0) is 41.9 Å². The van der Waals surface area contributed by atoms with Crippen LogP contribution >= 0.6 is 0 Å². The zero-order valence-electron chi connectivity index (χ0n) is 24.8. The molecule has 0 spiro atoms. The van der Waals surface area contributed by atoms with Gasteiger partial charge in [0.25, 0.3) is 0 Å². The predicted molar refractivity (Wildman–Crippen MR) is 148 cm³/mol. The van der Waals surface area contributed by atoms with E-state index in [0.29, 0.717) is 38.8 Å². The van der Waals surface area contributed by atoms with Crippen molar-refractivity contribution in [3.05, 3.63) is 35.4 Å². The van der Waals surface area contributed by atoms with Crippen molar-refractivity contribution in [1.82, 2.24) is 10.6 Å². The molecular weight excluding hydrogens is 508 g/mol. The third-order valence-electron chi connectivity index (χ3n) is 9.99. The molecule has 5 rings (SSSR count). The Bertz CT molecular complexity index is 1170. The minimum atomic E-state index is -0.732. The normalized spacial score (nSPS) is 40.5. The molecule has 2 N–H and O–H groups in total. The minimum absolute atomic E-state index is 0.0164. The molecule has 2 saturated carbocycles. The highest BCUT2D eigenvalue weighted by Crippen LogP contribution is 2.57. The smallest absolute Gasteiger partial charge is 0.312 e. The molecule has 2 aliphatic carbocycles. The van der Waals surface area contributed by atoms with Crippen LogP contribution in [0.5, 0.6) is 0 Å². The number of rotatable bonds is 6. The summed E-state index contributed by atoms with van der Waals surface area (Å²) in [6.07, 6.45) is 3.83. The standard InChI is InChI=1S/C32H44N2O6/c1-27-13-29(3,23(35)33-19-27)17-31(5,15-27)25(37)39-11-21-8-7-9-22(10-21)12-40-26(38)32(6)16-28(2)14-30(4,18-32)24(36)34-20-28/h7-10H,11-20H2,1-6H3,(H,33,35)(H,34,36)/t27-,28-,29+,30+,31-,32-/m1/s1. The van der Waals surface area contributed by atoms with Crippen molar-refractivity contribution in [3.63, 3.8) is 0 Å². The first kappa shape index (κ1) is 28.6. The third-order valence-corrected chi connectivity index (χ3v) is 9.99. The molecule has 1 aromatic carbocycles. The highest BCUT2D eigenvalue weighted by Gasteiger charge is 2.59. The Labute approximate surface area is 237 Å². The van der Waals surface area contributed by atoms with E-state index in [4.69, 9.17) is 9.47 Å². The van der Waals surface area contributed by atoms with Crippen molar-refractivity contribution in [2.24, 2.45) is 32.5 Å². The maximum absolute atomic E-state index is 13.3. The second-order valence-electron chi connectivity index (χ2n) is 15.3. The van der Waals surface area contributed by atoms with E-state index in [1.165, 1.54) is 0 Å². The quantitative estimate of drug-likeness (QED) is 0.505. The number of carbonyl (C=O) groups is 4. The second kappa shape index (κ2) is 9.31. The Morgan fingerprint density at radius 1 is 0.675 bits per heavy atom. The number of esters is 2. The van der Waals surface area contributed by atoms with Gasteiger partial charge in [-0.25, -0.2) is 0 Å². The van der Waals surface area contributed by atoms with Crippen LogP contribution in [0.15, 0.2) is 24.3 Å². The number of nitrogens with one attached hydrogen (secondary N) is 2. The van der Waals surface area contributed by atoms with Crippen molar-refractivity contribution in [2.45, 2.75) is 93.3 Å². The Balaban J connectivity index is 1.20. The highest BCUT2D eigenvalue weighted by molar-refractivity contribution is 5.87. The number of piperidine rings is 2. The van der Waals surface area contributed by atoms with E-state index in [1.54, 1.807) is 0 Å². The summed E-state index contributed by atoms with van der Waals surface area (Å²) >= 11 is 0. The third kappa shape index (κ3) is 5.14. The summed E-state index contributed by atoms with van der Waals surface area (Å²) in [5, 5.41) is 6.04. The van der Waals surface area contributed by atoms with Gasteiger partial charge < -0.3 is 20.1 Å². The topological polar surface area (TPSA) is 111 Å². The molecule has 0 aromatic heterocycles. The molecular formula is C32H44N2O6. The van der Waals surface area contributed by atoms with Crippen LogP contribution in [0.4, 0.5) is 0 Å². The maximum atomic E-state index is 13.3. The zero-order valence-corrected chi connectivity index (χ0v) is 24.8. The predicted octanol–water partition coefficient (Wildman–Crippen LogP) is 4.44.